The highest BCUT2D eigenvalue weighted by Crippen LogP contribution is 2.24. The van der Waals surface area contributed by atoms with E-state index in [1.807, 2.05) is 55.5 Å². The number of methoxy groups -OCH3 is 1. The van der Waals surface area contributed by atoms with Gasteiger partial charge < -0.3 is 4.74 Å². The van der Waals surface area contributed by atoms with Gasteiger partial charge in [-0.1, -0.05) is 55.3 Å². The Hall–Kier alpha value is -2.70. The molecule has 3 rings (SSSR count). The van der Waals surface area contributed by atoms with Gasteiger partial charge in [-0.3, -0.25) is 0 Å². The third kappa shape index (κ3) is 7.15. The van der Waals surface area contributed by atoms with Crippen LogP contribution in [0, 0.1) is 18.7 Å². The molecule has 0 bridgehead atoms. The Kier molecular flexibility index (Phi) is 9.25. The average molecular weight is 484 g/mol. The van der Waals surface area contributed by atoms with E-state index in [1.54, 1.807) is 23.5 Å². The second-order valence-corrected chi connectivity index (χ2v) is 10.7. The summed E-state index contributed by atoms with van der Waals surface area (Å²) < 4.78 is 47.2. The van der Waals surface area contributed by atoms with E-state index < -0.39 is 10.0 Å². The number of benzene rings is 3. The Morgan fingerprint density at radius 2 is 1.53 bits per heavy atom. The van der Waals surface area contributed by atoms with Crippen LogP contribution in [0.15, 0.2) is 77.7 Å². The lowest BCUT2D eigenvalue weighted by Gasteiger charge is -2.27. The van der Waals surface area contributed by atoms with E-state index in [4.69, 9.17) is 4.74 Å². The number of nitrogens with zero attached hydrogens (tertiary/aromatic N) is 1. The lowest BCUT2D eigenvalue weighted by Crippen LogP contribution is -2.35. The number of hydrogen-bond acceptors (Lipinski definition) is 3. The standard InChI is InChI=1S/C28H34FNO3S/c1-4-23(6-5-7-24-10-14-26(29)15-11-24)20-30(21-25-12-16-27(33-3)17-13-25)34(31,32)28-18-8-22(2)9-19-28/h8-19,23H,4-7,20-21H2,1-3H3. The predicted octanol–water partition coefficient (Wildman–Crippen LogP) is 6.38. The molecule has 0 N–H and O–H groups in total. The van der Waals surface area contributed by atoms with Crippen LogP contribution in [0.25, 0.3) is 0 Å². The maximum absolute atomic E-state index is 13.6. The van der Waals surface area contributed by atoms with Crippen LogP contribution in [-0.4, -0.2) is 26.4 Å². The topological polar surface area (TPSA) is 46.6 Å². The minimum Gasteiger partial charge on any atom is -0.497 e. The molecule has 0 aliphatic carbocycles. The number of aryl methyl sites for hydroxylation is 2. The van der Waals surface area contributed by atoms with Gasteiger partial charge in [0, 0.05) is 13.1 Å². The lowest BCUT2D eigenvalue weighted by atomic mass is 9.97. The van der Waals surface area contributed by atoms with E-state index in [9.17, 15) is 12.8 Å². The highest BCUT2D eigenvalue weighted by molar-refractivity contribution is 7.89. The van der Waals surface area contributed by atoms with Gasteiger partial charge in [0.2, 0.25) is 10.0 Å². The molecule has 3 aromatic carbocycles. The summed E-state index contributed by atoms with van der Waals surface area (Å²) in [5.74, 6) is 0.730. The monoisotopic (exact) mass is 483 g/mol. The lowest BCUT2D eigenvalue weighted by molar-refractivity contribution is 0.313. The first-order chi connectivity index (χ1) is 16.3. The number of sulfonamides is 1. The van der Waals surface area contributed by atoms with Gasteiger partial charge in [0.25, 0.3) is 0 Å². The molecule has 34 heavy (non-hydrogen) atoms. The highest BCUT2D eigenvalue weighted by atomic mass is 32.2. The molecule has 0 saturated heterocycles. The SMILES string of the molecule is CCC(CCCc1ccc(F)cc1)CN(Cc1ccc(OC)cc1)S(=O)(=O)c1ccc(C)cc1. The van der Waals surface area contributed by atoms with Gasteiger partial charge in [-0.25, -0.2) is 12.8 Å². The van der Waals surface area contributed by atoms with Crippen molar-refractivity contribution in [2.24, 2.45) is 5.92 Å². The van der Waals surface area contributed by atoms with Crippen LogP contribution in [0.1, 0.15) is 42.9 Å². The van der Waals surface area contributed by atoms with E-state index >= 15 is 0 Å². The van der Waals surface area contributed by atoms with Crippen molar-refractivity contribution in [3.05, 3.63) is 95.3 Å². The van der Waals surface area contributed by atoms with Crippen LogP contribution in [0.2, 0.25) is 0 Å². The first-order valence-electron chi connectivity index (χ1n) is 11.8. The maximum Gasteiger partial charge on any atom is 0.243 e. The quantitative estimate of drug-likeness (QED) is 0.300. The maximum atomic E-state index is 13.6. The third-order valence-corrected chi connectivity index (χ3v) is 8.03. The first kappa shape index (κ1) is 25.9. The van der Waals surface area contributed by atoms with Crippen molar-refractivity contribution in [3.8, 4) is 5.75 Å². The number of hydrogen-bond donors (Lipinski definition) is 0. The average Bonchev–Trinajstić information content (AvgIpc) is 2.84. The van der Waals surface area contributed by atoms with Gasteiger partial charge in [-0.15, -0.1) is 0 Å². The first-order valence-corrected chi connectivity index (χ1v) is 13.2. The number of rotatable bonds is 12. The fourth-order valence-corrected chi connectivity index (χ4v) is 5.50. The second kappa shape index (κ2) is 12.1. The fourth-order valence-electron chi connectivity index (χ4n) is 4.00. The van der Waals surface area contributed by atoms with Crippen molar-refractivity contribution in [1.29, 1.82) is 0 Å². The van der Waals surface area contributed by atoms with Crippen molar-refractivity contribution >= 4 is 10.0 Å². The van der Waals surface area contributed by atoms with Gasteiger partial charge >= 0.3 is 0 Å². The molecule has 0 aliphatic rings. The minimum atomic E-state index is -3.66. The molecule has 1 atom stereocenters. The largest absolute Gasteiger partial charge is 0.497 e. The molecule has 6 heteroatoms. The number of ether oxygens (including phenoxy) is 1. The van der Waals surface area contributed by atoms with Crippen LogP contribution in [0.3, 0.4) is 0 Å². The van der Waals surface area contributed by atoms with Crippen molar-refractivity contribution in [2.75, 3.05) is 13.7 Å². The molecule has 0 radical (unpaired) electrons. The van der Waals surface area contributed by atoms with Gasteiger partial charge in [0.05, 0.1) is 12.0 Å². The molecule has 4 nitrogen and oxygen atoms in total. The second-order valence-electron chi connectivity index (χ2n) is 8.75. The summed E-state index contributed by atoms with van der Waals surface area (Å²) in [6.07, 6.45) is 3.55. The molecule has 0 aliphatic heterocycles. The summed E-state index contributed by atoms with van der Waals surface area (Å²) in [4.78, 5) is 0.313. The molecule has 0 aromatic heterocycles. The molecule has 0 spiro atoms. The molecule has 0 amide bonds. The van der Waals surface area contributed by atoms with Crippen molar-refractivity contribution < 1.29 is 17.5 Å². The van der Waals surface area contributed by atoms with Gasteiger partial charge in [0.15, 0.2) is 0 Å². The molecular formula is C28H34FNO3S. The van der Waals surface area contributed by atoms with Crippen LogP contribution < -0.4 is 4.74 Å². The molecular weight excluding hydrogens is 449 g/mol. The van der Waals surface area contributed by atoms with Crippen LogP contribution >= 0.6 is 0 Å². The van der Waals surface area contributed by atoms with Crippen molar-refractivity contribution in [2.45, 2.75) is 51.0 Å². The molecule has 1 unspecified atom stereocenters. The molecule has 3 aromatic rings. The summed E-state index contributed by atoms with van der Waals surface area (Å²) in [6.45, 7) is 4.79. The van der Waals surface area contributed by atoms with Gasteiger partial charge in [0.1, 0.15) is 11.6 Å². The van der Waals surface area contributed by atoms with Crippen LogP contribution in [-0.2, 0) is 23.0 Å². The summed E-state index contributed by atoms with van der Waals surface area (Å²) in [5, 5.41) is 0. The Bertz CT molecular complexity index is 1130. The van der Waals surface area contributed by atoms with E-state index in [2.05, 4.69) is 6.92 Å². The fraction of sp³-hybridized carbons (Fsp3) is 0.357. The predicted molar refractivity (Wildman–Crippen MR) is 135 cm³/mol. The summed E-state index contributed by atoms with van der Waals surface area (Å²) in [5.41, 5.74) is 3.03. The summed E-state index contributed by atoms with van der Waals surface area (Å²) in [6, 6.07) is 21.1. The van der Waals surface area contributed by atoms with Crippen LogP contribution in [0.4, 0.5) is 4.39 Å². The Morgan fingerprint density at radius 3 is 2.12 bits per heavy atom. The molecule has 0 heterocycles. The van der Waals surface area contributed by atoms with Crippen molar-refractivity contribution in [1.82, 2.24) is 4.31 Å². The van der Waals surface area contributed by atoms with Gasteiger partial charge in [-0.05, 0) is 79.6 Å². The molecule has 182 valence electrons. The van der Waals surface area contributed by atoms with E-state index in [1.165, 1.54) is 12.1 Å². The highest BCUT2D eigenvalue weighted by Gasteiger charge is 2.27. The zero-order valence-corrected chi connectivity index (χ0v) is 21.0. The van der Waals surface area contributed by atoms with Crippen molar-refractivity contribution in [3.63, 3.8) is 0 Å². The Morgan fingerprint density at radius 1 is 0.912 bits per heavy atom. The van der Waals surface area contributed by atoms with E-state index in [-0.39, 0.29) is 11.7 Å². The summed E-state index contributed by atoms with van der Waals surface area (Å²) in [7, 11) is -2.05. The normalized spacial score (nSPS) is 12.6. The molecule has 0 saturated carbocycles. The van der Waals surface area contributed by atoms with E-state index in [0.29, 0.717) is 18.0 Å². The smallest absolute Gasteiger partial charge is 0.243 e. The number of halogens is 1. The zero-order chi connectivity index (χ0) is 24.6. The minimum absolute atomic E-state index is 0.221. The van der Waals surface area contributed by atoms with Crippen LogP contribution in [0.5, 0.6) is 5.75 Å². The Labute approximate surface area is 203 Å². The van der Waals surface area contributed by atoms with E-state index in [0.717, 1.165) is 48.1 Å². The van der Waals surface area contributed by atoms with Gasteiger partial charge in [-0.2, -0.15) is 4.31 Å². The third-order valence-electron chi connectivity index (χ3n) is 6.21. The summed E-state index contributed by atoms with van der Waals surface area (Å²) >= 11 is 0. The Balaban J connectivity index is 1.76. The molecule has 0 fully saturated rings. The zero-order valence-electron chi connectivity index (χ0n) is 20.2.